The van der Waals surface area contributed by atoms with Gasteiger partial charge in [-0.15, -0.1) is 0 Å². The van der Waals surface area contributed by atoms with Gasteiger partial charge in [-0.1, -0.05) is 35.9 Å². The first-order chi connectivity index (χ1) is 13.4. The van der Waals surface area contributed by atoms with Crippen LogP contribution in [0.5, 0.6) is 0 Å². The summed E-state index contributed by atoms with van der Waals surface area (Å²) in [6.07, 6.45) is 2.72. The maximum absolute atomic E-state index is 12.5. The van der Waals surface area contributed by atoms with Gasteiger partial charge in [0, 0.05) is 24.5 Å². The third kappa shape index (κ3) is 5.13. The van der Waals surface area contributed by atoms with Gasteiger partial charge in [-0.3, -0.25) is 4.79 Å². The minimum Gasteiger partial charge on any atom is -0.350 e. The van der Waals surface area contributed by atoms with Crippen LogP contribution in [0.15, 0.2) is 53.4 Å². The Balaban J connectivity index is 1.54. The van der Waals surface area contributed by atoms with Crippen molar-refractivity contribution >= 4 is 27.5 Å². The Hall–Kier alpha value is -1.89. The van der Waals surface area contributed by atoms with Crippen molar-refractivity contribution in [1.29, 1.82) is 0 Å². The summed E-state index contributed by atoms with van der Waals surface area (Å²) in [5.41, 5.74) is 1.89. The van der Waals surface area contributed by atoms with Crippen LogP contribution in [0.2, 0.25) is 5.02 Å². The lowest BCUT2D eigenvalue weighted by Crippen LogP contribution is -2.27. The fraction of sp³-hybridized carbons (Fsp3) is 0.381. The van der Waals surface area contributed by atoms with Gasteiger partial charge in [0.05, 0.1) is 10.9 Å². The number of nitrogens with one attached hydrogen (secondary N) is 1. The highest BCUT2D eigenvalue weighted by atomic mass is 35.5. The number of aryl methyl sites for hydroxylation is 1. The number of halogens is 1. The van der Waals surface area contributed by atoms with Crippen molar-refractivity contribution in [2.45, 2.75) is 43.5 Å². The Labute approximate surface area is 171 Å². The largest absolute Gasteiger partial charge is 0.350 e. The molecule has 1 heterocycles. The normalized spacial score (nSPS) is 16.1. The molecule has 2 aromatic carbocycles. The number of amides is 1. The minimum atomic E-state index is -3.39. The van der Waals surface area contributed by atoms with E-state index in [1.807, 2.05) is 25.1 Å². The summed E-state index contributed by atoms with van der Waals surface area (Å²) in [6, 6.07) is 14.1. The van der Waals surface area contributed by atoms with E-state index in [1.165, 1.54) is 4.31 Å². The van der Waals surface area contributed by atoms with Crippen LogP contribution in [-0.2, 0) is 21.2 Å². The first kappa shape index (κ1) is 20.8. The summed E-state index contributed by atoms with van der Waals surface area (Å²) in [5.74, 6) is -0.0544. The number of nitrogens with zero attached hydrogens (tertiary/aromatic N) is 1. The summed E-state index contributed by atoms with van der Waals surface area (Å²) in [6.45, 7) is 3.10. The average molecular weight is 421 g/mol. The van der Waals surface area contributed by atoms with Crippen LogP contribution in [0.4, 0.5) is 0 Å². The van der Waals surface area contributed by atoms with Crippen LogP contribution in [0.3, 0.4) is 0 Å². The molecule has 7 heteroatoms. The zero-order valence-corrected chi connectivity index (χ0v) is 17.5. The number of hydrogen-bond acceptors (Lipinski definition) is 3. The van der Waals surface area contributed by atoms with Crippen molar-refractivity contribution in [3.63, 3.8) is 0 Å². The number of carbonyl (C=O) groups excluding carboxylic acids is 1. The van der Waals surface area contributed by atoms with Crippen molar-refractivity contribution in [2.24, 2.45) is 0 Å². The number of benzene rings is 2. The predicted octanol–water partition coefficient (Wildman–Crippen LogP) is 3.93. The minimum absolute atomic E-state index is 0.0544. The molecule has 150 valence electrons. The molecule has 1 aliphatic rings. The van der Waals surface area contributed by atoms with E-state index >= 15 is 0 Å². The van der Waals surface area contributed by atoms with E-state index in [4.69, 9.17) is 11.6 Å². The fourth-order valence-electron chi connectivity index (χ4n) is 3.34. The van der Waals surface area contributed by atoms with E-state index in [0.29, 0.717) is 35.8 Å². The van der Waals surface area contributed by atoms with Crippen LogP contribution in [0, 0.1) is 0 Å². The fourth-order valence-corrected chi connectivity index (χ4v) is 5.05. The smallest absolute Gasteiger partial charge is 0.243 e. The van der Waals surface area contributed by atoms with Gasteiger partial charge < -0.3 is 5.32 Å². The molecular weight excluding hydrogens is 396 g/mol. The molecule has 1 fully saturated rings. The van der Waals surface area contributed by atoms with E-state index in [9.17, 15) is 13.2 Å². The van der Waals surface area contributed by atoms with Crippen LogP contribution in [-0.4, -0.2) is 31.7 Å². The highest BCUT2D eigenvalue weighted by Gasteiger charge is 2.26. The van der Waals surface area contributed by atoms with Gasteiger partial charge in [-0.05, 0) is 61.6 Å². The standard InChI is InChI=1S/C21H25ClN2O3S/c1-16(18-5-4-6-19(22)15-18)23-21(25)12-9-17-7-10-20(11-8-17)28(26,27)24-13-2-3-14-24/h4-8,10-11,15-16H,2-3,9,12-14H2,1H3,(H,23,25)/t16-/m1/s1. The SMILES string of the molecule is C[C@@H](NC(=O)CCc1ccc(S(=O)(=O)N2CCCC2)cc1)c1cccc(Cl)c1. The van der Waals surface area contributed by atoms with Gasteiger partial charge >= 0.3 is 0 Å². The monoisotopic (exact) mass is 420 g/mol. The Morgan fingerprint density at radius 1 is 1.14 bits per heavy atom. The second-order valence-corrected chi connectivity index (χ2v) is 9.47. The van der Waals surface area contributed by atoms with E-state index < -0.39 is 10.0 Å². The van der Waals surface area contributed by atoms with Gasteiger partial charge in [-0.2, -0.15) is 4.31 Å². The molecule has 0 radical (unpaired) electrons. The Kier molecular flexibility index (Phi) is 6.75. The summed E-state index contributed by atoms with van der Waals surface area (Å²) in [7, 11) is -3.39. The highest BCUT2D eigenvalue weighted by molar-refractivity contribution is 7.89. The van der Waals surface area contributed by atoms with E-state index in [-0.39, 0.29) is 11.9 Å². The van der Waals surface area contributed by atoms with Crippen molar-refractivity contribution < 1.29 is 13.2 Å². The predicted molar refractivity (Wildman–Crippen MR) is 111 cm³/mol. The maximum atomic E-state index is 12.5. The Bertz CT molecular complexity index is 923. The van der Waals surface area contributed by atoms with Gasteiger partial charge in [0.15, 0.2) is 0 Å². The van der Waals surface area contributed by atoms with Gasteiger partial charge in [0.25, 0.3) is 0 Å². The second-order valence-electron chi connectivity index (χ2n) is 7.10. The summed E-state index contributed by atoms with van der Waals surface area (Å²) < 4.78 is 26.6. The molecule has 0 aromatic heterocycles. The quantitative estimate of drug-likeness (QED) is 0.737. The molecule has 5 nitrogen and oxygen atoms in total. The van der Waals surface area contributed by atoms with Gasteiger partial charge in [-0.25, -0.2) is 8.42 Å². The summed E-state index contributed by atoms with van der Waals surface area (Å²) in [5, 5.41) is 3.61. The van der Waals surface area contributed by atoms with E-state index in [0.717, 1.165) is 24.0 Å². The van der Waals surface area contributed by atoms with E-state index in [2.05, 4.69) is 5.32 Å². The first-order valence-corrected chi connectivity index (χ1v) is 11.3. The zero-order valence-electron chi connectivity index (χ0n) is 15.9. The third-order valence-corrected chi connectivity index (χ3v) is 7.14. The molecule has 0 spiro atoms. The Morgan fingerprint density at radius 3 is 2.46 bits per heavy atom. The molecule has 0 bridgehead atoms. The molecule has 1 saturated heterocycles. The molecule has 0 aliphatic carbocycles. The number of rotatable bonds is 7. The molecule has 0 unspecified atom stereocenters. The number of carbonyl (C=O) groups is 1. The van der Waals surface area contributed by atoms with Crippen LogP contribution in [0.25, 0.3) is 0 Å². The molecule has 2 aromatic rings. The molecule has 0 saturated carbocycles. The summed E-state index contributed by atoms with van der Waals surface area (Å²) >= 11 is 5.99. The Morgan fingerprint density at radius 2 is 1.82 bits per heavy atom. The van der Waals surface area contributed by atoms with Crippen LogP contribution < -0.4 is 5.32 Å². The molecule has 1 aliphatic heterocycles. The topological polar surface area (TPSA) is 66.5 Å². The molecule has 1 amide bonds. The lowest BCUT2D eigenvalue weighted by molar-refractivity contribution is -0.121. The molecular formula is C21H25ClN2O3S. The molecule has 28 heavy (non-hydrogen) atoms. The lowest BCUT2D eigenvalue weighted by Gasteiger charge is -2.16. The second kappa shape index (κ2) is 9.07. The van der Waals surface area contributed by atoms with Gasteiger partial charge in [0.2, 0.25) is 15.9 Å². The number of hydrogen-bond donors (Lipinski definition) is 1. The highest BCUT2D eigenvalue weighted by Crippen LogP contribution is 2.21. The number of sulfonamides is 1. The average Bonchev–Trinajstić information content (AvgIpc) is 3.22. The van der Waals surface area contributed by atoms with Crippen molar-refractivity contribution in [2.75, 3.05) is 13.1 Å². The third-order valence-electron chi connectivity index (χ3n) is 4.99. The van der Waals surface area contributed by atoms with Crippen molar-refractivity contribution in [3.8, 4) is 0 Å². The van der Waals surface area contributed by atoms with E-state index in [1.54, 1.807) is 30.3 Å². The van der Waals surface area contributed by atoms with Crippen molar-refractivity contribution in [3.05, 3.63) is 64.7 Å². The zero-order chi connectivity index (χ0) is 20.1. The van der Waals surface area contributed by atoms with Crippen LogP contribution >= 0.6 is 11.6 Å². The van der Waals surface area contributed by atoms with Crippen LogP contribution in [0.1, 0.15) is 43.4 Å². The lowest BCUT2D eigenvalue weighted by atomic mass is 10.1. The summed E-state index contributed by atoms with van der Waals surface area (Å²) in [4.78, 5) is 12.6. The molecule has 1 atom stereocenters. The maximum Gasteiger partial charge on any atom is 0.243 e. The first-order valence-electron chi connectivity index (χ1n) is 9.50. The van der Waals surface area contributed by atoms with Gasteiger partial charge in [0.1, 0.15) is 0 Å². The van der Waals surface area contributed by atoms with Crippen molar-refractivity contribution in [1.82, 2.24) is 9.62 Å². The molecule has 3 rings (SSSR count). The molecule has 1 N–H and O–H groups in total.